The van der Waals surface area contributed by atoms with Crippen molar-refractivity contribution in [1.82, 2.24) is 24.7 Å². The standard InChI is InChI=1S/C18H22N6O/c1-13-11-24-17(19-13)4-5-18(20-24)23-8-6-22(7-9-23)12-15-10-16(25-21-15)14-2-3-14/h4-5,10-11,14H,2-3,6-9,12H2,1H3. The third-order valence-corrected chi connectivity index (χ3v) is 5.07. The molecule has 0 radical (unpaired) electrons. The number of rotatable bonds is 4. The molecular weight excluding hydrogens is 316 g/mol. The number of hydrogen-bond donors (Lipinski definition) is 0. The van der Waals surface area contributed by atoms with Gasteiger partial charge in [-0.25, -0.2) is 9.50 Å². The van der Waals surface area contributed by atoms with E-state index in [1.165, 1.54) is 12.8 Å². The van der Waals surface area contributed by atoms with E-state index in [9.17, 15) is 0 Å². The minimum atomic E-state index is 0.630. The molecule has 1 aliphatic heterocycles. The molecule has 4 heterocycles. The first-order chi connectivity index (χ1) is 12.2. The van der Waals surface area contributed by atoms with Gasteiger partial charge in [-0.1, -0.05) is 5.16 Å². The van der Waals surface area contributed by atoms with Gasteiger partial charge in [0.15, 0.2) is 5.65 Å². The van der Waals surface area contributed by atoms with E-state index < -0.39 is 0 Å². The monoisotopic (exact) mass is 338 g/mol. The summed E-state index contributed by atoms with van der Waals surface area (Å²) in [5.74, 6) is 2.72. The summed E-state index contributed by atoms with van der Waals surface area (Å²) in [6, 6.07) is 6.24. The van der Waals surface area contributed by atoms with Crippen molar-refractivity contribution in [3.8, 4) is 0 Å². The van der Waals surface area contributed by atoms with E-state index in [2.05, 4.69) is 32.1 Å². The molecule has 7 heteroatoms. The number of imidazole rings is 1. The van der Waals surface area contributed by atoms with Crippen molar-refractivity contribution in [2.24, 2.45) is 0 Å². The molecule has 0 unspecified atom stereocenters. The van der Waals surface area contributed by atoms with Crippen molar-refractivity contribution >= 4 is 11.5 Å². The zero-order chi connectivity index (χ0) is 16.8. The lowest BCUT2D eigenvalue weighted by Gasteiger charge is -2.34. The normalized spacial score (nSPS) is 19.0. The fourth-order valence-electron chi connectivity index (χ4n) is 3.49. The van der Waals surface area contributed by atoms with E-state index >= 15 is 0 Å². The summed E-state index contributed by atoms with van der Waals surface area (Å²) < 4.78 is 7.32. The Morgan fingerprint density at radius 2 is 2.00 bits per heavy atom. The van der Waals surface area contributed by atoms with Crippen LogP contribution in [0.3, 0.4) is 0 Å². The summed E-state index contributed by atoms with van der Waals surface area (Å²) in [5.41, 5.74) is 2.95. The van der Waals surface area contributed by atoms with Crippen LogP contribution in [-0.2, 0) is 6.54 Å². The van der Waals surface area contributed by atoms with Gasteiger partial charge in [-0.15, -0.1) is 5.10 Å². The van der Waals surface area contributed by atoms with Crippen molar-refractivity contribution < 1.29 is 4.52 Å². The van der Waals surface area contributed by atoms with Crippen LogP contribution in [0.25, 0.3) is 5.65 Å². The van der Waals surface area contributed by atoms with Crippen molar-refractivity contribution in [1.29, 1.82) is 0 Å². The maximum absolute atomic E-state index is 5.46. The Labute approximate surface area is 146 Å². The summed E-state index contributed by atoms with van der Waals surface area (Å²) in [6.07, 6.45) is 4.47. The Morgan fingerprint density at radius 3 is 2.80 bits per heavy atom. The van der Waals surface area contributed by atoms with Gasteiger partial charge in [0, 0.05) is 44.7 Å². The quantitative estimate of drug-likeness (QED) is 0.727. The van der Waals surface area contributed by atoms with Crippen LogP contribution in [0.5, 0.6) is 0 Å². The highest BCUT2D eigenvalue weighted by molar-refractivity contribution is 5.46. The van der Waals surface area contributed by atoms with Crippen LogP contribution in [0.15, 0.2) is 28.9 Å². The average Bonchev–Trinajstić information content (AvgIpc) is 3.25. The highest BCUT2D eigenvalue weighted by Gasteiger charge is 2.28. The maximum atomic E-state index is 5.46. The second-order valence-corrected chi connectivity index (χ2v) is 7.13. The zero-order valence-corrected chi connectivity index (χ0v) is 14.4. The topological polar surface area (TPSA) is 62.7 Å². The van der Waals surface area contributed by atoms with E-state index in [0.717, 1.165) is 61.3 Å². The predicted octanol–water partition coefficient (Wildman–Crippen LogP) is 2.23. The van der Waals surface area contributed by atoms with Crippen molar-refractivity contribution in [3.63, 3.8) is 0 Å². The summed E-state index contributed by atoms with van der Waals surface area (Å²) >= 11 is 0. The SMILES string of the molecule is Cc1cn2nc(N3CCN(Cc4cc(C5CC5)on4)CC3)ccc2n1. The number of aryl methyl sites for hydroxylation is 1. The first kappa shape index (κ1) is 14.9. The van der Waals surface area contributed by atoms with Crippen LogP contribution < -0.4 is 4.90 Å². The Hall–Kier alpha value is -2.41. The molecule has 0 atom stereocenters. The number of piperazine rings is 1. The van der Waals surface area contributed by atoms with Gasteiger partial charge in [0.25, 0.3) is 0 Å². The Kier molecular flexibility index (Phi) is 3.48. The van der Waals surface area contributed by atoms with E-state index in [0.29, 0.717) is 5.92 Å². The van der Waals surface area contributed by atoms with Crippen molar-refractivity contribution in [2.75, 3.05) is 31.1 Å². The van der Waals surface area contributed by atoms with Gasteiger partial charge in [-0.2, -0.15) is 0 Å². The first-order valence-corrected chi connectivity index (χ1v) is 9.00. The van der Waals surface area contributed by atoms with E-state index in [1.54, 1.807) is 0 Å². The van der Waals surface area contributed by atoms with Gasteiger partial charge in [0.05, 0.1) is 17.6 Å². The second kappa shape index (κ2) is 5.84. The highest BCUT2D eigenvalue weighted by atomic mass is 16.5. The lowest BCUT2D eigenvalue weighted by atomic mass is 10.2. The fraction of sp³-hybridized carbons (Fsp3) is 0.500. The smallest absolute Gasteiger partial charge is 0.153 e. The Balaban J connectivity index is 1.22. The molecule has 0 aromatic carbocycles. The van der Waals surface area contributed by atoms with Gasteiger partial charge < -0.3 is 9.42 Å². The first-order valence-electron chi connectivity index (χ1n) is 9.00. The Bertz CT molecular complexity index is 888. The molecule has 5 rings (SSSR count). The Morgan fingerprint density at radius 1 is 1.16 bits per heavy atom. The van der Waals surface area contributed by atoms with Gasteiger partial charge in [0.1, 0.15) is 11.6 Å². The average molecular weight is 338 g/mol. The molecule has 1 saturated heterocycles. The molecule has 0 N–H and O–H groups in total. The number of nitrogens with zero attached hydrogens (tertiary/aromatic N) is 6. The lowest BCUT2D eigenvalue weighted by molar-refractivity contribution is 0.241. The van der Waals surface area contributed by atoms with Crippen LogP contribution in [0, 0.1) is 6.92 Å². The highest BCUT2D eigenvalue weighted by Crippen LogP contribution is 2.40. The molecule has 7 nitrogen and oxygen atoms in total. The fourth-order valence-corrected chi connectivity index (χ4v) is 3.49. The molecule has 0 spiro atoms. The second-order valence-electron chi connectivity index (χ2n) is 7.13. The summed E-state index contributed by atoms with van der Waals surface area (Å²) in [5, 5.41) is 8.92. The molecule has 1 aliphatic carbocycles. The molecule has 25 heavy (non-hydrogen) atoms. The van der Waals surface area contributed by atoms with Gasteiger partial charge >= 0.3 is 0 Å². The van der Waals surface area contributed by atoms with E-state index in [1.807, 2.05) is 23.7 Å². The number of fused-ring (bicyclic) bond motifs is 1. The largest absolute Gasteiger partial charge is 0.361 e. The molecule has 1 saturated carbocycles. The van der Waals surface area contributed by atoms with Crippen LogP contribution in [0.2, 0.25) is 0 Å². The molecule has 0 amide bonds. The molecule has 130 valence electrons. The summed E-state index contributed by atoms with van der Waals surface area (Å²) in [7, 11) is 0. The van der Waals surface area contributed by atoms with Crippen LogP contribution >= 0.6 is 0 Å². The van der Waals surface area contributed by atoms with Crippen LogP contribution in [-0.4, -0.2) is 50.8 Å². The zero-order valence-electron chi connectivity index (χ0n) is 14.4. The molecule has 3 aromatic rings. The van der Waals surface area contributed by atoms with Gasteiger partial charge in [-0.3, -0.25) is 4.90 Å². The third kappa shape index (κ3) is 3.00. The molecule has 2 aliphatic rings. The minimum absolute atomic E-state index is 0.630. The molecule has 2 fully saturated rings. The van der Waals surface area contributed by atoms with Crippen molar-refractivity contribution in [2.45, 2.75) is 32.2 Å². The third-order valence-electron chi connectivity index (χ3n) is 5.07. The maximum Gasteiger partial charge on any atom is 0.153 e. The van der Waals surface area contributed by atoms with Gasteiger partial charge in [-0.05, 0) is 31.9 Å². The van der Waals surface area contributed by atoms with Crippen LogP contribution in [0.4, 0.5) is 5.82 Å². The number of anilines is 1. The van der Waals surface area contributed by atoms with Gasteiger partial charge in [0.2, 0.25) is 0 Å². The molecule has 3 aromatic heterocycles. The van der Waals surface area contributed by atoms with Crippen molar-refractivity contribution in [3.05, 3.63) is 41.5 Å². The number of hydrogen-bond acceptors (Lipinski definition) is 6. The summed E-state index contributed by atoms with van der Waals surface area (Å²) in [6.45, 7) is 6.82. The molecule has 0 bridgehead atoms. The lowest BCUT2D eigenvalue weighted by Crippen LogP contribution is -2.46. The van der Waals surface area contributed by atoms with E-state index in [4.69, 9.17) is 9.62 Å². The van der Waals surface area contributed by atoms with Crippen LogP contribution in [0.1, 0.15) is 35.9 Å². The summed E-state index contributed by atoms with van der Waals surface area (Å²) in [4.78, 5) is 9.21. The minimum Gasteiger partial charge on any atom is -0.361 e. The number of aromatic nitrogens is 4. The van der Waals surface area contributed by atoms with E-state index in [-0.39, 0.29) is 0 Å². The predicted molar refractivity (Wildman–Crippen MR) is 93.7 cm³/mol. The molecular formula is C18H22N6O.